The number of fused-ring (bicyclic) bond motifs is 1. The summed E-state index contributed by atoms with van der Waals surface area (Å²) in [5, 5.41) is 3.50. The van der Waals surface area contributed by atoms with Crippen LogP contribution in [0.5, 0.6) is 0 Å². The van der Waals surface area contributed by atoms with Gasteiger partial charge in [-0.15, -0.1) is 0 Å². The predicted molar refractivity (Wildman–Crippen MR) is 65.3 cm³/mol. The molecule has 82 valence electrons. The van der Waals surface area contributed by atoms with Crippen LogP contribution in [0.4, 0.5) is 5.69 Å². The van der Waals surface area contributed by atoms with Crippen molar-refractivity contribution in [3.8, 4) is 0 Å². The molecule has 1 aromatic rings. The molecule has 0 spiro atoms. The molecule has 2 heteroatoms. The molecule has 0 radical (unpaired) electrons. The van der Waals surface area contributed by atoms with E-state index in [2.05, 4.69) is 42.3 Å². The normalized spacial score (nSPS) is 14.1. The van der Waals surface area contributed by atoms with Crippen molar-refractivity contribution in [3.63, 3.8) is 0 Å². The Bertz CT molecular complexity index is 329. The zero-order valence-electron chi connectivity index (χ0n) is 9.71. The molecule has 2 rings (SSSR count). The molecule has 1 aliphatic rings. The molecule has 0 aromatic heterocycles. The maximum atomic E-state index is 3.50. The molecule has 2 nitrogen and oxygen atoms in total. The first kappa shape index (κ1) is 10.5. The van der Waals surface area contributed by atoms with Crippen LogP contribution in [0, 0.1) is 0 Å². The summed E-state index contributed by atoms with van der Waals surface area (Å²) in [5.74, 6) is 0. The van der Waals surface area contributed by atoms with Gasteiger partial charge in [-0.3, -0.25) is 4.90 Å². The minimum absolute atomic E-state index is 1.07. The quantitative estimate of drug-likeness (QED) is 0.810. The van der Waals surface area contributed by atoms with E-state index in [9.17, 15) is 0 Å². The number of hydrogen-bond acceptors (Lipinski definition) is 2. The van der Waals surface area contributed by atoms with E-state index in [0.717, 1.165) is 26.2 Å². The first-order valence-electron chi connectivity index (χ1n) is 5.92. The summed E-state index contributed by atoms with van der Waals surface area (Å²) in [7, 11) is 0. The van der Waals surface area contributed by atoms with E-state index >= 15 is 0 Å². The maximum absolute atomic E-state index is 3.50. The van der Waals surface area contributed by atoms with Gasteiger partial charge in [-0.2, -0.15) is 0 Å². The highest BCUT2D eigenvalue weighted by molar-refractivity contribution is 5.61. The fourth-order valence-electron chi connectivity index (χ4n) is 2.23. The molecule has 0 aliphatic carbocycles. The highest BCUT2D eigenvalue weighted by Gasteiger charge is 2.14. The molecule has 0 unspecified atom stereocenters. The summed E-state index contributed by atoms with van der Waals surface area (Å²) in [6.07, 6.45) is 1.18. The van der Waals surface area contributed by atoms with Crippen LogP contribution in [0.15, 0.2) is 18.2 Å². The summed E-state index contributed by atoms with van der Waals surface area (Å²) in [4.78, 5) is 2.45. The van der Waals surface area contributed by atoms with Crippen molar-refractivity contribution in [2.24, 2.45) is 0 Å². The molecular formula is C13H20N2. The standard InChI is InChI=1S/C13H20N2/c1-3-15(4-2)10-12-7-5-6-11-8-9-14-13(11)12/h5-7,14H,3-4,8-10H2,1-2H3. The van der Waals surface area contributed by atoms with Gasteiger partial charge in [0.05, 0.1) is 0 Å². The van der Waals surface area contributed by atoms with E-state index in [1.165, 1.54) is 23.2 Å². The molecule has 0 saturated carbocycles. The summed E-state index contributed by atoms with van der Waals surface area (Å²) in [6, 6.07) is 6.67. The Morgan fingerprint density at radius 1 is 1.27 bits per heavy atom. The number of nitrogens with zero attached hydrogens (tertiary/aromatic N) is 1. The van der Waals surface area contributed by atoms with Crippen LogP contribution in [0.1, 0.15) is 25.0 Å². The number of rotatable bonds is 4. The van der Waals surface area contributed by atoms with Gasteiger partial charge in [-0.25, -0.2) is 0 Å². The SMILES string of the molecule is CCN(CC)Cc1cccc2c1NCC2. The Hall–Kier alpha value is -1.02. The van der Waals surface area contributed by atoms with Gasteiger partial charge in [0, 0.05) is 18.8 Å². The highest BCUT2D eigenvalue weighted by atomic mass is 15.1. The lowest BCUT2D eigenvalue weighted by Crippen LogP contribution is -2.22. The van der Waals surface area contributed by atoms with Crippen molar-refractivity contribution in [1.29, 1.82) is 0 Å². The molecule has 1 heterocycles. The van der Waals surface area contributed by atoms with Gasteiger partial charge in [0.15, 0.2) is 0 Å². The molecular weight excluding hydrogens is 184 g/mol. The van der Waals surface area contributed by atoms with Gasteiger partial charge >= 0.3 is 0 Å². The van der Waals surface area contributed by atoms with Crippen LogP contribution in [0.25, 0.3) is 0 Å². The van der Waals surface area contributed by atoms with Crippen molar-refractivity contribution >= 4 is 5.69 Å². The average molecular weight is 204 g/mol. The average Bonchev–Trinajstić information content (AvgIpc) is 2.74. The van der Waals surface area contributed by atoms with Crippen molar-refractivity contribution in [3.05, 3.63) is 29.3 Å². The third kappa shape index (κ3) is 2.15. The van der Waals surface area contributed by atoms with Crippen molar-refractivity contribution in [2.75, 3.05) is 25.0 Å². The third-order valence-electron chi connectivity index (χ3n) is 3.22. The fraction of sp³-hybridized carbons (Fsp3) is 0.538. The van der Waals surface area contributed by atoms with Gasteiger partial charge in [-0.05, 0) is 30.6 Å². The lowest BCUT2D eigenvalue weighted by molar-refractivity contribution is 0.296. The van der Waals surface area contributed by atoms with Crippen LogP contribution in [-0.4, -0.2) is 24.5 Å². The molecule has 0 bridgehead atoms. The molecule has 0 fully saturated rings. The second kappa shape index (κ2) is 4.67. The fourth-order valence-corrected chi connectivity index (χ4v) is 2.23. The van der Waals surface area contributed by atoms with Crippen LogP contribution in [0.2, 0.25) is 0 Å². The van der Waals surface area contributed by atoms with Crippen molar-refractivity contribution < 1.29 is 0 Å². The molecule has 1 aliphatic heterocycles. The lowest BCUT2D eigenvalue weighted by atomic mass is 10.1. The monoisotopic (exact) mass is 204 g/mol. The van der Waals surface area contributed by atoms with E-state index in [1.54, 1.807) is 0 Å². The first-order valence-corrected chi connectivity index (χ1v) is 5.92. The van der Waals surface area contributed by atoms with Gasteiger partial charge < -0.3 is 5.32 Å². The number of benzene rings is 1. The van der Waals surface area contributed by atoms with E-state index < -0.39 is 0 Å². The van der Waals surface area contributed by atoms with Crippen molar-refractivity contribution in [2.45, 2.75) is 26.8 Å². The predicted octanol–water partition coefficient (Wildman–Crippen LogP) is 2.50. The van der Waals surface area contributed by atoms with Gasteiger partial charge in [0.1, 0.15) is 0 Å². The maximum Gasteiger partial charge on any atom is 0.0419 e. The largest absolute Gasteiger partial charge is 0.384 e. The van der Waals surface area contributed by atoms with Crippen LogP contribution in [-0.2, 0) is 13.0 Å². The van der Waals surface area contributed by atoms with Crippen LogP contribution < -0.4 is 5.32 Å². The zero-order valence-corrected chi connectivity index (χ0v) is 9.71. The molecule has 0 amide bonds. The zero-order chi connectivity index (χ0) is 10.7. The number of para-hydroxylation sites is 1. The van der Waals surface area contributed by atoms with E-state index in [0.29, 0.717) is 0 Å². The van der Waals surface area contributed by atoms with Gasteiger partial charge in [0.25, 0.3) is 0 Å². The Morgan fingerprint density at radius 2 is 2.07 bits per heavy atom. The molecule has 1 N–H and O–H groups in total. The highest BCUT2D eigenvalue weighted by Crippen LogP contribution is 2.27. The Kier molecular flexibility index (Phi) is 3.27. The van der Waals surface area contributed by atoms with E-state index in [-0.39, 0.29) is 0 Å². The van der Waals surface area contributed by atoms with E-state index in [4.69, 9.17) is 0 Å². The molecule has 15 heavy (non-hydrogen) atoms. The summed E-state index contributed by atoms with van der Waals surface area (Å²) >= 11 is 0. The van der Waals surface area contributed by atoms with Gasteiger partial charge in [-0.1, -0.05) is 32.0 Å². The number of hydrogen-bond donors (Lipinski definition) is 1. The summed E-state index contributed by atoms with van der Waals surface area (Å²) in [6.45, 7) is 8.87. The van der Waals surface area contributed by atoms with Crippen LogP contribution in [0.3, 0.4) is 0 Å². The summed E-state index contributed by atoms with van der Waals surface area (Å²) in [5.41, 5.74) is 4.33. The smallest absolute Gasteiger partial charge is 0.0419 e. The van der Waals surface area contributed by atoms with E-state index in [1.807, 2.05) is 0 Å². The topological polar surface area (TPSA) is 15.3 Å². The summed E-state index contributed by atoms with van der Waals surface area (Å²) < 4.78 is 0. The van der Waals surface area contributed by atoms with Gasteiger partial charge in [0.2, 0.25) is 0 Å². The van der Waals surface area contributed by atoms with Crippen LogP contribution >= 0.6 is 0 Å². The lowest BCUT2D eigenvalue weighted by Gasteiger charge is -2.19. The Morgan fingerprint density at radius 3 is 2.80 bits per heavy atom. The molecule has 0 atom stereocenters. The minimum Gasteiger partial charge on any atom is -0.384 e. The second-order valence-electron chi connectivity index (χ2n) is 4.09. The third-order valence-corrected chi connectivity index (χ3v) is 3.22. The van der Waals surface area contributed by atoms with Crippen molar-refractivity contribution in [1.82, 2.24) is 4.90 Å². The number of anilines is 1. The Labute approximate surface area is 92.3 Å². The Balaban J connectivity index is 2.18. The first-order chi connectivity index (χ1) is 7.35. The second-order valence-corrected chi connectivity index (χ2v) is 4.09. The molecule has 1 aromatic carbocycles. The number of nitrogens with one attached hydrogen (secondary N) is 1. The molecule has 0 saturated heterocycles. The minimum atomic E-state index is 1.07.